The van der Waals surface area contributed by atoms with Crippen molar-refractivity contribution < 1.29 is 9.18 Å². The Labute approximate surface area is 173 Å². The number of amides is 1. The Bertz CT molecular complexity index is 1040. The van der Waals surface area contributed by atoms with Gasteiger partial charge in [0.1, 0.15) is 11.5 Å². The highest BCUT2D eigenvalue weighted by atomic mass is 32.1. The number of aromatic nitrogens is 2. The van der Waals surface area contributed by atoms with Crippen LogP contribution in [0.2, 0.25) is 0 Å². The lowest BCUT2D eigenvalue weighted by atomic mass is 9.97. The smallest absolute Gasteiger partial charge is 0.221 e. The van der Waals surface area contributed by atoms with Crippen molar-refractivity contribution in [2.24, 2.45) is 11.7 Å². The second kappa shape index (κ2) is 8.08. The molecule has 0 radical (unpaired) electrons. The second-order valence-electron chi connectivity index (χ2n) is 7.70. The van der Waals surface area contributed by atoms with Crippen LogP contribution in [0.25, 0.3) is 16.9 Å². The number of primary amides is 1. The highest BCUT2D eigenvalue weighted by Crippen LogP contribution is 2.33. The summed E-state index contributed by atoms with van der Waals surface area (Å²) in [6, 6.07) is 8.79. The van der Waals surface area contributed by atoms with Crippen molar-refractivity contribution in [2.45, 2.75) is 33.2 Å². The van der Waals surface area contributed by atoms with E-state index in [2.05, 4.69) is 24.8 Å². The fourth-order valence-electron chi connectivity index (χ4n) is 4.05. The molecule has 152 valence electrons. The van der Waals surface area contributed by atoms with E-state index in [1.807, 2.05) is 12.3 Å². The molecule has 1 fully saturated rings. The van der Waals surface area contributed by atoms with Crippen LogP contribution < -0.4 is 5.73 Å². The summed E-state index contributed by atoms with van der Waals surface area (Å²) >= 11 is 1.73. The zero-order valence-corrected chi connectivity index (χ0v) is 17.5. The van der Waals surface area contributed by atoms with E-state index in [0.29, 0.717) is 18.8 Å². The zero-order valence-electron chi connectivity index (χ0n) is 16.7. The van der Waals surface area contributed by atoms with Crippen molar-refractivity contribution in [3.05, 3.63) is 57.7 Å². The van der Waals surface area contributed by atoms with E-state index in [0.717, 1.165) is 36.2 Å². The average molecular weight is 413 g/mol. The molecule has 5 nitrogen and oxygen atoms in total. The Morgan fingerprint density at radius 3 is 2.83 bits per heavy atom. The van der Waals surface area contributed by atoms with Gasteiger partial charge in [0.2, 0.25) is 5.91 Å². The molecule has 0 bridgehead atoms. The number of benzene rings is 1. The largest absolute Gasteiger partial charge is 0.369 e. The van der Waals surface area contributed by atoms with Crippen molar-refractivity contribution in [3.8, 4) is 16.9 Å². The number of carbonyl (C=O) groups excluding carboxylic acids is 1. The van der Waals surface area contributed by atoms with Crippen LogP contribution in [0.4, 0.5) is 4.39 Å². The lowest BCUT2D eigenvalue weighted by Crippen LogP contribution is -2.40. The standard InChI is InChI=1S/C22H25FN4OS/c1-14-10-18(15(2)29-14)21-17(12-26-9-5-6-16(11-26)22(24)28)13-27(25-21)20-8-4-3-7-19(20)23/h3-4,7-8,10,13,16H,5-6,9,11-12H2,1-2H3,(H2,24,28)/t16-/m1/s1. The van der Waals surface area contributed by atoms with Crippen LogP contribution in [0.5, 0.6) is 0 Å². The van der Waals surface area contributed by atoms with Gasteiger partial charge in [0.25, 0.3) is 0 Å². The quantitative estimate of drug-likeness (QED) is 0.687. The van der Waals surface area contributed by atoms with E-state index in [9.17, 15) is 9.18 Å². The van der Waals surface area contributed by atoms with Crippen LogP contribution in [0, 0.1) is 25.6 Å². The topological polar surface area (TPSA) is 64.2 Å². The van der Waals surface area contributed by atoms with Gasteiger partial charge in [-0.15, -0.1) is 11.3 Å². The Morgan fingerprint density at radius 2 is 2.14 bits per heavy atom. The SMILES string of the molecule is Cc1cc(-c2nn(-c3ccccc3F)cc2CN2CCC[C@@H](C(N)=O)C2)c(C)s1. The maximum absolute atomic E-state index is 14.4. The molecule has 0 aliphatic carbocycles. The summed E-state index contributed by atoms with van der Waals surface area (Å²) in [4.78, 5) is 16.3. The molecule has 29 heavy (non-hydrogen) atoms. The maximum Gasteiger partial charge on any atom is 0.221 e. The number of carbonyl (C=O) groups is 1. The molecular formula is C22H25FN4OS. The third-order valence-corrected chi connectivity index (χ3v) is 6.45. The van der Waals surface area contributed by atoms with Crippen molar-refractivity contribution >= 4 is 17.2 Å². The number of piperidine rings is 1. The molecule has 1 saturated heterocycles. The molecule has 0 unspecified atom stereocenters. The molecule has 1 aromatic carbocycles. The van der Waals surface area contributed by atoms with Crippen molar-refractivity contribution in [1.29, 1.82) is 0 Å². The van der Waals surface area contributed by atoms with Crippen LogP contribution >= 0.6 is 11.3 Å². The van der Waals surface area contributed by atoms with Gasteiger partial charge in [0.05, 0.1) is 11.6 Å². The number of para-hydroxylation sites is 1. The van der Waals surface area contributed by atoms with Gasteiger partial charge in [-0.25, -0.2) is 9.07 Å². The summed E-state index contributed by atoms with van der Waals surface area (Å²) in [6.45, 7) is 6.39. The minimum atomic E-state index is -0.307. The summed E-state index contributed by atoms with van der Waals surface area (Å²) in [7, 11) is 0. The Hall–Kier alpha value is -2.51. The van der Waals surface area contributed by atoms with Gasteiger partial charge in [-0.2, -0.15) is 5.10 Å². The molecule has 1 aliphatic heterocycles. The third kappa shape index (κ3) is 4.11. The van der Waals surface area contributed by atoms with E-state index >= 15 is 0 Å². The van der Waals surface area contributed by atoms with Gasteiger partial charge in [0, 0.05) is 40.2 Å². The van der Waals surface area contributed by atoms with Crippen LogP contribution in [0.15, 0.2) is 36.5 Å². The van der Waals surface area contributed by atoms with E-state index in [1.54, 1.807) is 28.2 Å². The highest BCUT2D eigenvalue weighted by Gasteiger charge is 2.26. The van der Waals surface area contributed by atoms with Gasteiger partial charge in [-0.3, -0.25) is 9.69 Å². The molecule has 7 heteroatoms. The van der Waals surface area contributed by atoms with Crippen LogP contribution in [0.1, 0.15) is 28.2 Å². The monoisotopic (exact) mass is 412 g/mol. The summed E-state index contributed by atoms with van der Waals surface area (Å²) in [5.41, 5.74) is 8.95. The molecular weight excluding hydrogens is 387 g/mol. The van der Waals surface area contributed by atoms with Crippen LogP contribution in [-0.4, -0.2) is 33.7 Å². The van der Waals surface area contributed by atoms with E-state index in [4.69, 9.17) is 10.8 Å². The van der Waals surface area contributed by atoms with E-state index in [-0.39, 0.29) is 17.6 Å². The molecule has 2 N–H and O–H groups in total. The summed E-state index contributed by atoms with van der Waals surface area (Å²) in [5, 5.41) is 4.77. The fraction of sp³-hybridized carbons (Fsp3) is 0.364. The van der Waals surface area contributed by atoms with E-state index in [1.165, 1.54) is 15.8 Å². The van der Waals surface area contributed by atoms with E-state index < -0.39 is 0 Å². The number of halogens is 1. The zero-order chi connectivity index (χ0) is 20.5. The van der Waals surface area contributed by atoms with Gasteiger partial charge >= 0.3 is 0 Å². The predicted molar refractivity (Wildman–Crippen MR) is 114 cm³/mol. The molecule has 3 heterocycles. The molecule has 1 atom stereocenters. The normalized spacial score (nSPS) is 17.6. The predicted octanol–water partition coefficient (Wildman–Crippen LogP) is 4.05. The van der Waals surface area contributed by atoms with Crippen molar-refractivity contribution in [1.82, 2.24) is 14.7 Å². The summed E-state index contributed by atoms with van der Waals surface area (Å²) in [5.74, 6) is -0.654. The molecule has 1 aliphatic rings. The summed E-state index contributed by atoms with van der Waals surface area (Å²) in [6.07, 6.45) is 3.70. The minimum absolute atomic E-state index is 0.112. The molecule has 3 aromatic rings. The van der Waals surface area contributed by atoms with Gasteiger partial charge in [0.15, 0.2) is 0 Å². The first-order valence-corrected chi connectivity index (χ1v) is 10.7. The maximum atomic E-state index is 14.4. The Balaban J connectivity index is 1.72. The average Bonchev–Trinajstić information content (AvgIpc) is 3.24. The number of hydrogen-bond donors (Lipinski definition) is 1. The first-order chi connectivity index (χ1) is 13.9. The number of nitrogens with two attached hydrogens (primary N) is 1. The second-order valence-corrected chi connectivity index (χ2v) is 9.16. The lowest BCUT2D eigenvalue weighted by molar-refractivity contribution is -0.123. The summed E-state index contributed by atoms with van der Waals surface area (Å²) < 4.78 is 16.0. The number of aryl methyl sites for hydroxylation is 2. The van der Waals surface area contributed by atoms with Gasteiger partial charge in [-0.05, 0) is 51.4 Å². The highest BCUT2D eigenvalue weighted by molar-refractivity contribution is 7.12. The van der Waals surface area contributed by atoms with Crippen molar-refractivity contribution in [2.75, 3.05) is 13.1 Å². The van der Waals surface area contributed by atoms with Crippen molar-refractivity contribution in [3.63, 3.8) is 0 Å². The van der Waals surface area contributed by atoms with Gasteiger partial charge < -0.3 is 5.73 Å². The third-order valence-electron chi connectivity index (χ3n) is 5.49. The Morgan fingerprint density at radius 1 is 1.34 bits per heavy atom. The van der Waals surface area contributed by atoms with Crippen LogP contribution in [0.3, 0.4) is 0 Å². The number of nitrogens with zero attached hydrogens (tertiary/aromatic N) is 3. The molecule has 2 aromatic heterocycles. The molecule has 4 rings (SSSR count). The number of hydrogen-bond acceptors (Lipinski definition) is 4. The first kappa shape index (κ1) is 19.8. The molecule has 0 spiro atoms. The first-order valence-electron chi connectivity index (χ1n) is 9.85. The molecule has 0 saturated carbocycles. The number of rotatable bonds is 5. The minimum Gasteiger partial charge on any atom is -0.369 e. The number of likely N-dealkylation sites (tertiary alicyclic amines) is 1. The van der Waals surface area contributed by atoms with Gasteiger partial charge in [-0.1, -0.05) is 12.1 Å². The molecule has 1 amide bonds. The number of thiophene rings is 1. The Kier molecular flexibility index (Phi) is 5.52. The fourth-order valence-corrected chi connectivity index (χ4v) is 4.98. The van der Waals surface area contributed by atoms with Crippen LogP contribution in [-0.2, 0) is 11.3 Å². The lowest BCUT2D eigenvalue weighted by Gasteiger charge is -2.30.